The lowest BCUT2D eigenvalue weighted by Crippen LogP contribution is -2.23. The Morgan fingerprint density at radius 1 is 0.458 bits per heavy atom. The number of benzene rings is 1. The third kappa shape index (κ3) is 1.11. The van der Waals surface area contributed by atoms with Crippen LogP contribution in [0.2, 0.25) is 0 Å². The van der Waals surface area contributed by atoms with Crippen molar-refractivity contribution in [1.29, 1.82) is 0 Å². The minimum absolute atomic E-state index is 0.0766. The van der Waals surface area contributed by atoms with Crippen molar-refractivity contribution in [2.24, 2.45) is 0 Å². The predicted octanol–water partition coefficient (Wildman–Crippen LogP) is 3.32. The summed E-state index contributed by atoms with van der Waals surface area (Å²) in [5.74, 6) is 2.51. The standard InChI is InChI=1S/C21H18O3/c22-13-4-7-1-10(13)19-16(7)20-11-3-9(6-14(11)23)18(20)21-12-2-8(17(19)21)5-15(12)24/h7-12H,1-6H2/t7-,8-,9-,10+,11+,12+/m0/s1. The second-order valence-electron chi connectivity index (χ2n) is 8.95. The summed E-state index contributed by atoms with van der Waals surface area (Å²) in [6.45, 7) is 0. The summed E-state index contributed by atoms with van der Waals surface area (Å²) in [6.07, 6.45) is 4.94. The first kappa shape index (κ1) is 12.6. The van der Waals surface area contributed by atoms with E-state index >= 15 is 0 Å². The normalized spacial score (nSPS) is 42.2. The van der Waals surface area contributed by atoms with Gasteiger partial charge >= 0.3 is 0 Å². The number of rotatable bonds is 0. The second kappa shape index (κ2) is 3.58. The molecule has 6 bridgehead atoms. The summed E-state index contributed by atoms with van der Waals surface area (Å²) < 4.78 is 0. The van der Waals surface area contributed by atoms with Gasteiger partial charge < -0.3 is 0 Å². The SMILES string of the molecule is O=C1C[C@@H]2C[C@H]1c1c2c2c(c3c1[C@@H]1CC(=O)[C@H]3C1)[C@@H]1CC(=O)[C@H]2C1. The van der Waals surface area contributed by atoms with Crippen LogP contribution in [0.25, 0.3) is 0 Å². The molecule has 120 valence electrons. The van der Waals surface area contributed by atoms with Crippen LogP contribution in [0, 0.1) is 0 Å². The number of Topliss-reactive ketones (excluding diaryl/α,β-unsaturated/α-hetero) is 3. The van der Waals surface area contributed by atoms with Gasteiger partial charge in [-0.15, -0.1) is 0 Å². The van der Waals surface area contributed by atoms with Crippen LogP contribution in [-0.2, 0) is 14.4 Å². The molecule has 6 aliphatic rings. The minimum Gasteiger partial charge on any atom is -0.299 e. The van der Waals surface area contributed by atoms with E-state index in [1.807, 2.05) is 0 Å². The molecule has 6 aliphatic carbocycles. The van der Waals surface area contributed by atoms with Crippen LogP contribution in [0.15, 0.2) is 0 Å². The van der Waals surface area contributed by atoms with Gasteiger partial charge in [-0.25, -0.2) is 0 Å². The lowest BCUT2D eigenvalue weighted by atomic mass is 9.71. The third-order valence-corrected chi connectivity index (χ3v) is 8.08. The summed E-state index contributed by atoms with van der Waals surface area (Å²) in [6, 6.07) is 0. The maximum absolute atomic E-state index is 12.5. The third-order valence-electron chi connectivity index (χ3n) is 8.08. The summed E-state index contributed by atoms with van der Waals surface area (Å²) >= 11 is 0. The van der Waals surface area contributed by atoms with E-state index in [1.54, 1.807) is 0 Å². The Bertz CT molecular complexity index is 783. The molecular formula is C21H18O3. The van der Waals surface area contributed by atoms with Crippen LogP contribution >= 0.6 is 0 Å². The Morgan fingerprint density at radius 2 is 0.750 bits per heavy atom. The number of hydrogen-bond donors (Lipinski definition) is 0. The van der Waals surface area contributed by atoms with Gasteiger partial charge in [-0.1, -0.05) is 0 Å². The maximum atomic E-state index is 12.5. The number of carbonyl (C=O) groups is 3. The molecule has 3 nitrogen and oxygen atoms in total. The Balaban J connectivity index is 1.64. The van der Waals surface area contributed by atoms with Gasteiger partial charge in [-0.05, 0) is 70.4 Å². The van der Waals surface area contributed by atoms with Crippen LogP contribution in [0.3, 0.4) is 0 Å². The Labute approximate surface area is 139 Å². The van der Waals surface area contributed by atoms with Gasteiger partial charge in [0.25, 0.3) is 0 Å². The fourth-order valence-electron chi connectivity index (χ4n) is 7.47. The molecule has 0 spiro atoms. The summed E-state index contributed by atoms with van der Waals surface area (Å²) in [4.78, 5) is 37.4. The van der Waals surface area contributed by atoms with Crippen molar-refractivity contribution in [2.75, 3.05) is 0 Å². The molecule has 0 aromatic heterocycles. The smallest absolute Gasteiger partial charge is 0.140 e. The molecule has 0 heterocycles. The highest BCUT2D eigenvalue weighted by atomic mass is 16.1. The molecule has 0 amide bonds. The molecule has 3 fully saturated rings. The van der Waals surface area contributed by atoms with Crippen molar-refractivity contribution in [3.63, 3.8) is 0 Å². The van der Waals surface area contributed by atoms with Gasteiger partial charge in [0.1, 0.15) is 17.3 Å². The summed E-state index contributed by atoms with van der Waals surface area (Å²) in [5.41, 5.74) is 8.16. The second-order valence-corrected chi connectivity index (χ2v) is 8.95. The van der Waals surface area contributed by atoms with Gasteiger partial charge in [-0.3, -0.25) is 14.4 Å². The molecule has 6 atom stereocenters. The number of ketones is 3. The topological polar surface area (TPSA) is 51.2 Å². The van der Waals surface area contributed by atoms with Gasteiger partial charge in [0.05, 0.1) is 0 Å². The van der Waals surface area contributed by atoms with E-state index in [2.05, 4.69) is 0 Å². The van der Waals surface area contributed by atoms with Crippen molar-refractivity contribution in [1.82, 2.24) is 0 Å². The van der Waals surface area contributed by atoms with E-state index < -0.39 is 0 Å². The molecule has 24 heavy (non-hydrogen) atoms. The van der Waals surface area contributed by atoms with Crippen molar-refractivity contribution in [2.45, 2.75) is 74.0 Å². The van der Waals surface area contributed by atoms with Crippen molar-refractivity contribution in [3.8, 4) is 0 Å². The molecule has 1 aromatic carbocycles. The number of hydrogen-bond acceptors (Lipinski definition) is 3. The number of fused-ring (bicyclic) bond motifs is 18. The van der Waals surface area contributed by atoms with Gasteiger partial charge in [0, 0.05) is 37.0 Å². The van der Waals surface area contributed by atoms with Crippen molar-refractivity contribution in [3.05, 3.63) is 33.4 Å². The van der Waals surface area contributed by atoms with E-state index in [-0.39, 0.29) is 17.8 Å². The molecule has 0 aliphatic heterocycles. The lowest BCUT2D eigenvalue weighted by molar-refractivity contribution is -0.119. The van der Waals surface area contributed by atoms with E-state index in [9.17, 15) is 14.4 Å². The van der Waals surface area contributed by atoms with E-state index in [1.165, 1.54) is 33.4 Å². The lowest BCUT2D eigenvalue weighted by Gasteiger charge is -2.31. The molecular weight excluding hydrogens is 300 g/mol. The van der Waals surface area contributed by atoms with Gasteiger partial charge in [0.15, 0.2) is 0 Å². The molecule has 0 unspecified atom stereocenters. The first-order valence-electron chi connectivity index (χ1n) is 9.45. The number of carbonyl (C=O) groups excluding carboxylic acids is 3. The van der Waals surface area contributed by atoms with Crippen LogP contribution in [0.5, 0.6) is 0 Å². The van der Waals surface area contributed by atoms with E-state index in [0.29, 0.717) is 54.4 Å². The van der Waals surface area contributed by atoms with Crippen molar-refractivity contribution >= 4 is 17.3 Å². The predicted molar refractivity (Wildman–Crippen MR) is 85.6 cm³/mol. The Kier molecular flexibility index (Phi) is 1.88. The van der Waals surface area contributed by atoms with Crippen LogP contribution in [-0.4, -0.2) is 17.3 Å². The molecule has 3 heteroatoms. The summed E-state index contributed by atoms with van der Waals surface area (Å²) in [7, 11) is 0. The van der Waals surface area contributed by atoms with Crippen LogP contribution in [0.4, 0.5) is 0 Å². The highest BCUT2D eigenvalue weighted by Crippen LogP contribution is 2.67. The largest absolute Gasteiger partial charge is 0.299 e. The average Bonchev–Trinajstić information content (AvgIpc) is 3.31. The molecule has 0 N–H and O–H groups in total. The van der Waals surface area contributed by atoms with Crippen LogP contribution < -0.4 is 0 Å². The fourth-order valence-corrected chi connectivity index (χ4v) is 7.47. The quantitative estimate of drug-likeness (QED) is 0.737. The van der Waals surface area contributed by atoms with Gasteiger partial charge in [0.2, 0.25) is 0 Å². The van der Waals surface area contributed by atoms with Crippen molar-refractivity contribution < 1.29 is 14.4 Å². The van der Waals surface area contributed by atoms with E-state index in [4.69, 9.17) is 0 Å². The fraction of sp³-hybridized carbons (Fsp3) is 0.571. The summed E-state index contributed by atoms with van der Waals surface area (Å²) in [5, 5.41) is 0. The molecule has 3 saturated carbocycles. The van der Waals surface area contributed by atoms with Gasteiger partial charge in [-0.2, -0.15) is 0 Å². The average molecular weight is 318 g/mol. The van der Waals surface area contributed by atoms with E-state index in [0.717, 1.165) is 19.3 Å². The Hall–Kier alpha value is -1.77. The maximum Gasteiger partial charge on any atom is 0.140 e. The zero-order chi connectivity index (χ0) is 15.9. The Morgan fingerprint density at radius 3 is 1.04 bits per heavy atom. The first-order valence-corrected chi connectivity index (χ1v) is 9.45. The van der Waals surface area contributed by atoms with Crippen LogP contribution in [0.1, 0.15) is 107 Å². The molecule has 0 saturated heterocycles. The molecule has 7 rings (SSSR count). The zero-order valence-corrected chi connectivity index (χ0v) is 13.4. The monoisotopic (exact) mass is 318 g/mol. The highest BCUT2D eigenvalue weighted by Gasteiger charge is 2.58. The molecule has 1 aromatic rings. The minimum atomic E-state index is 0.0766. The highest BCUT2D eigenvalue weighted by molar-refractivity contribution is 6.00. The molecule has 0 radical (unpaired) electrons. The zero-order valence-electron chi connectivity index (χ0n) is 13.4. The first-order chi connectivity index (χ1) is 11.6.